The van der Waals surface area contributed by atoms with Crippen LogP contribution in [0, 0.1) is 12.3 Å². The maximum Gasteiger partial charge on any atom is 0.421 e. The zero-order valence-electron chi connectivity index (χ0n) is 22.6. The van der Waals surface area contributed by atoms with Gasteiger partial charge in [-0.05, 0) is 71.7 Å². The van der Waals surface area contributed by atoms with Gasteiger partial charge in [-0.25, -0.2) is 9.78 Å². The second-order valence-electron chi connectivity index (χ2n) is 11.1. The summed E-state index contributed by atoms with van der Waals surface area (Å²) in [6.07, 6.45) is -1.73. The van der Waals surface area contributed by atoms with E-state index in [-0.39, 0.29) is 24.5 Å². The van der Waals surface area contributed by atoms with Crippen LogP contribution in [0.3, 0.4) is 0 Å². The van der Waals surface area contributed by atoms with Crippen molar-refractivity contribution >= 4 is 12.0 Å². The van der Waals surface area contributed by atoms with Gasteiger partial charge in [0.15, 0.2) is 0 Å². The number of carbonyl (C=O) groups is 2. The highest BCUT2D eigenvalue weighted by atomic mass is 19.4. The van der Waals surface area contributed by atoms with Crippen LogP contribution in [0.15, 0.2) is 36.7 Å². The van der Waals surface area contributed by atoms with Crippen LogP contribution in [-0.2, 0) is 15.7 Å². The molecule has 2 aromatic rings. The zero-order chi connectivity index (χ0) is 28.3. The monoisotopic (exact) mass is 536 g/mol. The lowest BCUT2D eigenvalue weighted by molar-refractivity contribution is -0.139. The Labute approximate surface area is 220 Å². The molecule has 8 nitrogen and oxygen atoms in total. The highest BCUT2D eigenvalue weighted by molar-refractivity contribution is 5.82. The van der Waals surface area contributed by atoms with Gasteiger partial charge >= 0.3 is 12.3 Å². The highest BCUT2D eigenvalue weighted by Gasteiger charge is 2.40. The maximum atomic E-state index is 13.3. The Kier molecular flexibility index (Phi) is 8.58. The van der Waals surface area contributed by atoms with Crippen LogP contribution in [0.1, 0.15) is 63.8 Å². The molecule has 0 aliphatic carbocycles. The first-order chi connectivity index (χ1) is 17.6. The quantitative estimate of drug-likeness (QED) is 0.551. The smallest absolute Gasteiger partial charge is 0.421 e. The van der Waals surface area contributed by atoms with Crippen molar-refractivity contribution in [3.63, 3.8) is 0 Å². The van der Waals surface area contributed by atoms with Gasteiger partial charge in [-0.2, -0.15) is 13.2 Å². The van der Waals surface area contributed by atoms with Gasteiger partial charge in [0.1, 0.15) is 17.8 Å². The number of aromatic nitrogens is 2. The molecule has 1 aliphatic heterocycles. The third-order valence-electron chi connectivity index (χ3n) is 6.29. The fourth-order valence-electron chi connectivity index (χ4n) is 4.22. The lowest BCUT2D eigenvalue weighted by Crippen LogP contribution is -2.54. The van der Waals surface area contributed by atoms with Crippen LogP contribution in [0.4, 0.5) is 18.0 Å². The second-order valence-corrected chi connectivity index (χ2v) is 11.1. The number of nitrogens with one attached hydrogen (secondary N) is 1. The number of aryl methyl sites for hydroxylation is 1. The number of pyridine rings is 2. The average Bonchev–Trinajstić information content (AvgIpc) is 2.82. The first kappa shape index (κ1) is 29.2. The summed E-state index contributed by atoms with van der Waals surface area (Å²) in [5, 5.41) is 3.06. The van der Waals surface area contributed by atoms with Crippen molar-refractivity contribution in [1.29, 1.82) is 0 Å². The van der Waals surface area contributed by atoms with E-state index in [1.54, 1.807) is 51.8 Å². The SMILES string of the molecule is Cc1ncccc1[C@@H]1CN(C(=O)OC(C)(C)C)CC[C@H]1NC(=O)C(C)(C)COc1ncccc1C(F)(F)F. The number of carbonyl (C=O) groups excluding carboxylic acids is 2. The number of nitrogens with zero attached hydrogens (tertiary/aromatic N) is 3. The van der Waals surface area contributed by atoms with E-state index in [1.807, 2.05) is 13.0 Å². The Morgan fingerprint density at radius 1 is 1.08 bits per heavy atom. The van der Waals surface area contributed by atoms with Gasteiger partial charge in [-0.1, -0.05) is 6.07 Å². The third kappa shape index (κ3) is 7.35. The Bertz CT molecular complexity index is 1150. The van der Waals surface area contributed by atoms with E-state index in [0.717, 1.165) is 17.3 Å². The Morgan fingerprint density at radius 3 is 2.37 bits per heavy atom. The summed E-state index contributed by atoms with van der Waals surface area (Å²) in [5.41, 5.74) is -1.15. The number of hydrogen-bond donors (Lipinski definition) is 1. The van der Waals surface area contributed by atoms with Crippen LogP contribution in [0.5, 0.6) is 5.88 Å². The molecule has 38 heavy (non-hydrogen) atoms. The van der Waals surface area contributed by atoms with Crippen molar-refractivity contribution in [2.24, 2.45) is 5.41 Å². The number of alkyl halides is 3. The summed E-state index contributed by atoms with van der Waals surface area (Å²) in [5.74, 6) is -1.22. The molecule has 0 bridgehead atoms. The summed E-state index contributed by atoms with van der Waals surface area (Å²) >= 11 is 0. The minimum atomic E-state index is -4.63. The molecule has 0 saturated carbocycles. The van der Waals surface area contributed by atoms with Gasteiger partial charge < -0.3 is 19.7 Å². The van der Waals surface area contributed by atoms with Gasteiger partial charge in [0, 0.05) is 43.1 Å². The minimum absolute atomic E-state index is 0.266. The van der Waals surface area contributed by atoms with E-state index in [2.05, 4.69) is 15.3 Å². The predicted octanol–water partition coefficient (Wildman–Crippen LogP) is 5.12. The number of amides is 2. The number of ether oxygens (including phenoxy) is 2. The first-order valence-electron chi connectivity index (χ1n) is 12.4. The molecule has 1 fully saturated rings. The first-order valence-corrected chi connectivity index (χ1v) is 12.4. The third-order valence-corrected chi connectivity index (χ3v) is 6.29. The molecule has 0 aromatic carbocycles. The van der Waals surface area contributed by atoms with E-state index in [9.17, 15) is 22.8 Å². The molecule has 2 atom stereocenters. The summed E-state index contributed by atoms with van der Waals surface area (Å²) in [6, 6.07) is 5.44. The molecule has 2 aromatic heterocycles. The van der Waals surface area contributed by atoms with E-state index >= 15 is 0 Å². The van der Waals surface area contributed by atoms with Crippen molar-refractivity contribution in [2.75, 3.05) is 19.7 Å². The molecule has 2 amide bonds. The van der Waals surface area contributed by atoms with Gasteiger partial charge in [0.05, 0.1) is 5.41 Å². The van der Waals surface area contributed by atoms with Crippen LogP contribution in [0.2, 0.25) is 0 Å². The molecule has 208 valence electrons. The Hall–Kier alpha value is -3.37. The largest absolute Gasteiger partial charge is 0.476 e. The molecule has 0 unspecified atom stereocenters. The lowest BCUT2D eigenvalue weighted by atomic mass is 9.84. The van der Waals surface area contributed by atoms with Gasteiger partial charge in [-0.3, -0.25) is 9.78 Å². The maximum absolute atomic E-state index is 13.3. The van der Waals surface area contributed by atoms with Crippen LogP contribution in [0.25, 0.3) is 0 Å². The summed E-state index contributed by atoms with van der Waals surface area (Å²) < 4.78 is 50.9. The molecule has 3 heterocycles. The molecule has 1 N–H and O–H groups in total. The molecule has 3 rings (SSSR count). The predicted molar refractivity (Wildman–Crippen MR) is 135 cm³/mol. The summed E-state index contributed by atoms with van der Waals surface area (Å²) in [6.45, 7) is 10.8. The van der Waals surface area contributed by atoms with Gasteiger partial charge in [-0.15, -0.1) is 0 Å². The van der Waals surface area contributed by atoms with Crippen LogP contribution >= 0.6 is 0 Å². The van der Waals surface area contributed by atoms with E-state index < -0.39 is 34.7 Å². The molecule has 11 heteroatoms. The Morgan fingerprint density at radius 2 is 1.74 bits per heavy atom. The lowest BCUT2D eigenvalue weighted by Gasteiger charge is -2.40. The van der Waals surface area contributed by atoms with Crippen molar-refractivity contribution in [3.05, 3.63) is 53.5 Å². The molecule has 0 radical (unpaired) electrons. The number of piperidine rings is 1. The Balaban J connectivity index is 1.76. The molecule has 1 saturated heterocycles. The molecular formula is C27H35F3N4O4. The highest BCUT2D eigenvalue weighted by Crippen LogP contribution is 2.35. The normalized spacial score (nSPS) is 18.6. The van der Waals surface area contributed by atoms with Crippen LogP contribution in [-0.4, -0.2) is 58.2 Å². The fourth-order valence-corrected chi connectivity index (χ4v) is 4.22. The van der Waals surface area contributed by atoms with E-state index in [0.29, 0.717) is 19.5 Å². The summed E-state index contributed by atoms with van der Waals surface area (Å²) in [7, 11) is 0. The van der Waals surface area contributed by atoms with Crippen LogP contribution < -0.4 is 10.1 Å². The van der Waals surface area contributed by atoms with E-state index in [4.69, 9.17) is 9.47 Å². The number of halogens is 3. The van der Waals surface area contributed by atoms with Crippen molar-refractivity contribution in [3.8, 4) is 5.88 Å². The molecule has 0 spiro atoms. The van der Waals surface area contributed by atoms with Crippen molar-refractivity contribution in [1.82, 2.24) is 20.2 Å². The van der Waals surface area contributed by atoms with Crippen molar-refractivity contribution < 1.29 is 32.2 Å². The number of rotatable bonds is 6. The molecule has 1 aliphatic rings. The molecular weight excluding hydrogens is 501 g/mol. The fraction of sp³-hybridized carbons (Fsp3) is 0.556. The standard InChI is InChI=1S/C27H35F3N4O4/c1-17-18(9-7-12-31-17)19-15-34(24(36)38-25(2,3)4)14-11-21(19)33-23(35)26(5,6)16-37-22-20(27(28,29)30)10-8-13-32-22/h7-10,12-13,19,21H,11,14-16H2,1-6H3,(H,33,35)/t19-,21+/m0/s1. The zero-order valence-corrected chi connectivity index (χ0v) is 22.6. The van der Waals surface area contributed by atoms with Crippen molar-refractivity contribution in [2.45, 2.75) is 71.7 Å². The van der Waals surface area contributed by atoms with Gasteiger partial charge in [0.2, 0.25) is 11.8 Å². The number of hydrogen-bond acceptors (Lipinski definition) is 6. The van der Waals surface area contributed by atoms with E-state index in [1.165, 1.54) is 12.3 Å². The average molecular weight is 537 g/mol. The number of likely N-dealkylation sites (tertiary alicyclic amines) is 1. The minimum Gasteiger partial charge on any atom is -0.476 e. The summed E-state index contributed by atoms with van der Waals surface area (Å²) in [4.78, 5) is 35.8. The second kappa shape index (κ2) is 11.2. The van der Waals surface area contributed by atoms with Gasteiger partial charge in [0.25, 0.3) is 0 Å². The topological polar surface area (TPSA) is 93.7 Å².